The summed E-state index contributed by atoms with van der Waals surface area (Å²) in [6.45, 7) is 0. The van der Waals surface area contributed by atoms with Crippen molar-refractivity contribution < 1.29 is 4.42 Å². The third-order valence-electron chi connectivity index (χ3n) is 2.71. The second-order valence-electron chi connectivity index (χ2n) is 3.89. The van der Waals surface area contributed by atoms with Crippen LogP contribution in [0, 0.1) is 0 Å². The van der Waals surface area contributed by atoms with Crippen LogP contribution < -0.4 is 11.0 Å². The molecule has 3 rings (SSSR count). The van der Waals surface area contributed by atoms with E-state index >= 15 is 0 Å². The zero-order valence-corrected chi connectivity index (χ0v) is 9.34. The molecule has 3 aromatic rings. The molecule has 0 aliphatic heterocycles. The number of benzene rings is 1. The van der Waals surface area contributed by atoms with E-state index in [9.17, 15) is 9.59 Å². The zero-order valence-electron chi connectivity index (χ0n) is 9.34. The fourth-order valence-electron chi connectivity index (χ4n) is 1.84. The lowest BCUT2D eigenvalue weighted by molar-refractivity contribution is 0.613. The molecule has 0 radical (unpaired) electrons. The highest BCUT2D eigenvalue weighted by atomic mass is 16.3. The molecule has 2 aromatic heterocycles. The van der Waals surface area contributed by atoms with Gasteiger partial charge >= 0.3 is 0 Å². The summed E-state index contributed by atoms with van der Waals surface area (Å²) in [4.78, 5) is 26.0. The molecule has 18 heavy (non-hydrogen) atoms. The van der Waals surface area contributed by atoms with Crippen LogP contribution in [0.25, 0.3) is 22.3 Å². The Bertz CT molecular complexity index is 816. The molecule has 1 aromatic carbocycles. The maximum absolute atomic E-state index is 11.9. The van der Waals surface area contributed by atoms with Crippen molar-refractivity contribution in [1.82, 2.24) is 4.98 Å². The lowest BCUT2D eigenvalue weighted by Crippen LogP contribution is -2.10. The van der Waals surface area contributed by atoms with Crippen LogP contribution in [0.4, 0.5) is 0 Å². The Balaban J connectivity index is 2.38. The lowest BCUT2D eigenvalue weighted by Gasteiger charge is -2.01. The van der Waals surface area contributed by atoms with Gasteiger partial charge in [0.2, 0.25) is 5.58 Å². The lowest BCUT2D eigenvalue weighted by atomic mass is 10.1. The number of nitrogens with one attached hydrogen (secondary N) is 1. The summed E-state index contributed by atoms with van der Waals surface area (Å²) < 4.78 is 5.52. The number of fused-ring (bicyclic) bond motifs is 1. The van der Waals surface area contributed by atoms with Crippen molar-refractivity contribution in [3.05, 3.63) is 69.2 Å². The molecule has 0 atom stereocenters. The third kappa shape index (κ3) is 1.64. The molecule has 1 N–H and O–H groups in total. The molecular weight excluding hydrogens is 230 g/mol. The van der Waals surface area contributed by atoms with Crippen molar-refractivity contribution in [2.45, 2.75) is 0 Å². The Morgan fingerprint density at radius 3 is 2.56 bits per heavy atom. The van der Waals surface area contributed by atoms with Crippen LogP contribution in [-0.4, -0.2) is 4.98 Å². The number of pyridine rings is 1. The van der Waals surface area contributed by atoms with Crippen LogP contribution in [0.3, 0.4) is 0 Å². The van der Waals surface area contributed by atoms with E-state index in [0.717, 1.165) is 5.56 Å². The van der Waals surface area contributed by atoms with E-state index in [1.165, 1.54) is 18.3 Å². The fraction of sp³-hybridized carbons (Fsp3) is 0. The molecular formula is C14H9NO3. The van der Waals surface area contributed by atoms with E-state index in [0.29, 0.717) is 11.1 Å². The van der Waals surface area contributed by atoms with Gasteiger partial charge in [-0.05, 0) is 6.07 Å². The predicted octanol–water partition coefficient (Wildman–Crippen LogP) is 2.15. The van der Waals surface area contributed by atoms with Crippen molar-refractivity contribution in [3.8, 4) is 11.3 Å². The standard InChI is InChI=1S/C14H9NO3/c16-11-8-12(9-4-2-1-3-5-9)18-13-10(11)6-7-15-14(13)17/h1-8H,(H,15,17). The smallest absolute Gasteiger partial charge is 0.291 e. The molecule has 4 nitrogen and oxygen atoms in total. The van der Waals surface area contributed by atoms with Crippen molar-refractivity contribution >= 4 is 11.0 Å². The Kier molecular flexibility index (Phi) is 2.34. The molecule has 4 heteroatoms. The normalized spacial score (nSPS) is 10.7. The quantitative estimate of drug-likeness (QED) is 0.707. The van der Waals surface area contributed by atoms with Crippen molar-refractivity contribution in [3.63, 3.8) is 0 Å². The fourth-order valence-corrected chi connectivity index (χ4v) is 1.84. The van der Waals surface area contributed by atoms with E-state index in [4.69, 9.17) is 4.42 Å². The van der Waals surface area contributed by atoms with Gasteiger partial charge in [-0.25, -0.2) is 0 Å². The summed E-state index contributed by atoms with van der Waals surface area (Å²) in [5.41, 5.74) is 0.201. The summed E-state index contributed by atoms with van der Waals surface area (Å²) in [7, 11) is 0. The maximum atomic E-state index is 11.9. The summed E-state index contributed by atoms with van der Waals surface area (Å²) in [5, 5.41) is 0.290. The van der Waals surface area contributed by atoms with Crippen LogP contribution in [0.15, 0.2) is 62.7 Å². The average Bonchev–Trinajstić information content (AvgIpc) is 2.41. The largest absolute Gasteiger partial charge is 0.450 e. The van der Waals surface area contributed by atoms with E-state index in [-0.39, 0.29) is 11.0 Å². The molecule has 2 heterocycles. The number of rotatable bonds is 1. The number of hydrogen-bond acceptors (Lipinski definition) is 3. The van der Waals surface area contributed by atoms with E-state index < -0.39 is 5.56 Å². The summed E-state index contributed by atoms with van der Waals surface area (Å²) in [6.07, 6.45) is 1.43. The number of aromatic amines is 1. The Hall–Kier alpha value is -2.62. The van der Waals surface area contributed by atoms with Crippen LogP contribution >= 0.6 is 0 Å². The number of hydrogen-bond donors (Lipinski definition) is 1. The SMILES string of the molecule is O=c1cc(-c2ccccc2)oc2c(=O)[nH]ccc12. The van der Waals surface area contributed by atoms with Gasteiger partial charge in [-0.2, -0.15) is 0 Å². The van der Waals surface area contributed by atoms with Crippen molar-refractivity contribution in [1.29, 1.82) is 0 Å². The first kappa shape index (κ1) is 10.5. The minimum atomic E-state index is -0.401. The van der Waals surface area contributed by atoms with E-state index in [2.05, 4.69) is 4.98 Å². The van der Waals surface area contributed by atoms with Gasteiger partial charge in [-0.15, -0.1) is 0 Å². The van der Waals surface area contributed by atoms with Crippen LogP contribution in [0.5, 0.6) is 0 Å². The molecule has 0 unspecified atom stereocenters. The van der Waals surface area contributed by atoms with Gasteiger partial charge in [0, 0.05) is 17.8 Å². The van der Waals surface area contributed by atoms with Crippen molar-refractivity contribution in [2.24, 2.45) is 0 Å². The van der Waals surface area contributed by atoms with Gasteiger partial charge in [-0.3, -0.25) is 9.59 Å². The second kappa shape index (κ2) is 4.00. The van der Waals surface area contributed by atoms with Crippen molar-refractivity contribution in [2.75, 3.05) is 0 Å². The second-order valence-corrected chi connectivity index (χ2v) is 3.89. The van der Waals surface area contributed by atoms with Crippen LogP contribution in [-0.2, 0) is 0 Å². The molecule has 0 bridgehead atoms. The van der Waals surface area contributed by atoms with Gasteiger partial charge in [-0.1, -0.05) is 30.3 Å². The first-order valence-corrected chi connectivity index (χ1v) is 5.47. The molecule has 0 aliphatic carbocycles. The average molecular weight is 239 g/mol. The summed E-state index contributed by atoms with van der Waals surface area (Å²) >= 11 is 0. The highest BCUT2D eigenvalue weighted by Gasteiger charge is 2.08. The van der Waals surface area contributed by atoms with Gasteiger partial charge in [0.1, 0.15) is 5.76 Å². The highest BCUT2D eigenvalue weighted by molar-refractivity contribution is 5.77. The maximum Gasteiger partial charge on any atom is 0.291 e. The Labute approximate surface area is 102 Å². The van der Waals surface area contributed by atoms with Gasteiger partial charge in [0.05, 0.1) is 5.39 Å². The van der Waals surface area contributed by atoms with Gasteiger partial charge < -0.3 is 9.40 Å². The minimum Gasteiger partial charge on any atom is -0.450 e. The van der Waals surface area contributed by atoms with Gasteiger partial charge in [0.15, 0.2) is 5.43 Å². The molecule has 0 aliphatic rings. The molecule has 0 amide bonds. The Morgan fingerprint density at radius 1 is 1.00 bits per heavy atom. The first-order valence-electron chi connectivity index (χ1n) is 5.47. The molecule has 88 valence electrons. The monoisotopic (exact) mass is 239 g/mol. The molecule has 0 saturated heterocycles. The highest BCUT2D eigenvalue weighted by Crippen LogP contribution is 2.19. The number of aromatic nitrogens is 1. The molecule has 0 fully saturated rings. The van der Waals surface area contributed by atoms with Gasteiger partial charge in [0.25, 0.3) is 5.56 Å². The van der Waals surface area contributed by atoms with E-state index in [1.54, 1.807) is 0 Å². The summed E-state index contributed by atoms with van der Waals surface area (Å²) in [5.74, 6) is 0.393. The first-order chi connectivity index (χ1) is 8.75. The topological polar surface area (TPSA) is 63.1 Å². The molecule has 0 saturated carbocycles. The van der Waals surface area contributed by atoms with Crippen LogP contribution in [0.2, 0.25) is 0 Å². The predicted molar refractivity (Wildman–Crippen MR) is 68.5 cm³/mol. The zero-order chi connectivity index (χ0) is 12.5. The minimum absolute atomic E-state index is 0.0591. The van der Waals surface area contributed by atoms with Crippen LogP contribution in [0.1, 0.15) is 0 Å². The summed E-state index contributed by atoms with van der Waals surface area (Å²) in [6, 6.07) is 12.1. The third-order valence-corrected chi connectivity index (χ3v) is 2.71. The molecule has 0 spiro atoms. The van der Waals surface area contributed by atoms with E-state index in [1.807, 2.05) is 30.3 Å². The Morgan fingerprint density at radius 2 is 1.78 bits per heavy atom. The number of H-pyrrole nitrogens is 1.